The van der Waals surface area contributed by atoms with Crippen LogP contribution in [0.25, 0.3) is 0 Å². The van der Waals surface area contributed by atoms with Gasteiger partial charge in [-0.2, -0.15) is 0 Å². The average Bonchev–Trinajstić information content (AvgIpc) is 2.95. The molecule has 5 rings (SSSR count). The van der Waals surface area contributed by atoms with E-state index < -0.39 is 6.09 Å². The first-order chi connectivity index (χ1) is 18.9. The number of rotatable bonds is 6. The number of ether oxygens (including phenoxy) is 1. The van der Waals surface area contributed by atoms with Gasteiger partial charge in [-0.15, -0.1) is 0 Å². The summed E-state index contributed by atoms with van der Waals surface area (Å²) in [6.45, 7) is 7.45. The Hall–Kier alpha value is -4.05. The first-order valence-electron chi connectivity index (χ1n) is 13.3. The Balaban J connectivity index is 1.08. The van der Waals surface area contributed by atoms with E-state index in [-0.39, 0.29) is 17.6 Å². The smallest absolute Gasteiger partial charge is 0.391 e. The number of aromatic nitrogens is 2. The van der Waals surface area contributed by atoms with Gasteiger partial charge in [-0.25, -0.2) is 19.2 Å². The molecular weight excluding hydrogens is 499 g/mol. The number of pyridine rings is 2. The van der Waals surface area contributed by atoms with Crippen LogP contribution in [0.15, 0.2) is 60.9 Å². The number of piperazine rings is 1. The number of benzene rings is 1. The van der Waals surface area contributed by atoms with Crippen LogP contribution in [-0.4, -0.2) is 71.0 Å². The van der Waals surface area contributed by atoms with Gasteiger partial charge in [0, 0.05) is 50.9 Å². The van der Waals surface area contributed by atoms with Gasteiger partial charge >= 0.3 is 6.09 Å². The average molecular weight is 533 g/mol. The van der Waals surface area contributed by atoms with Gasteiger partial charge in [0.2, 0.25) is 5.88 Å². The number of likely N-dealkylation sites (tertiary alicyclic amines) is 1. The van der Waals surface area contributed by atoms with Gasteiger partial charge in [0.25, 0.3) is 5.91 Å². The SMILES string of the molecule is CC1CCCN(Cc2ccc(C(=O)Nc3ccc(OC(=O)N4CCN(c5ccc(F)cn5)CC4)nc3)cc2)C1. The number of amides is 2. The van der Waals surface area contributed by atoms with E-state index in [4.69, 9.17) is 4.74 Å². The molecule has 2 aliphatic rings. The van der Waals surface area contributed by atoms with Crippen molar-refractivity contribution in [3.05, 3.63) is 77.9 Å². The molecule has 1 N–H and O–H groups in total. The quantitative estimate of drug-likeness (QED) is 0.503. The Labute approximate surface area is 227 Å². The molecule has 1 unspecified atom stereocenters. The minimum atomic E-state index is -0.495. The second-order valence-electron chi connectivity index (χ2n) is 10.2. The molecule has 2 fully saturated rings. The van der Waals surface area contributed by atoms with Crippen LogP contribution in [0.5, 0.6) is 5.88 Å². The summed E-state index contributed by atoms with van der Waals surface area (Å²) in [4.78, 5) is 39.6. The topological polar surface area (TPSA) is 90.9 Å². The molecule has 3 aromatic rings. The fourth-order valence-electron chi connectivity index (χ4n) is 5.00. The molecule has 9 nitrogen and oxygen atoms in total. The van der Waals surface area contributed by atoms with Gasteiger partial charge in [0.05, 0.1) is 18.1 Å². The Morgan fingerprint density at radius 3 is 2.44 bits per heavy atom. The molecular formula is C29H33FN6O3. The molecule has 2 aliphatic heterocycles. The van der Waals surface area contributed by atoms with Crippen molar-refractivity contribution < 1.29 is 18.7 Å². The fraction of sp³-hybridized carbons (Fsp3) is 0.379. The highest BCUT2D eigenvalue weighted by atomic mass is 19.1. The predicted molar refractivity (Wildman–Crippen MR) is 146 cm³/mol. The monoisotopic (exact) mass is 532 g/mol. The third kappa shape index (κ3) is 7.08. The maximum Gasteiger partial charge on any atom is 0.416 e. The molecule has 1 atom stereocenters. The van der Waals surface area contributed by atoms with Gasteiger partial charge in [-0.1, -0.05) is 19.1 Å². The molecule has 4 heterocycles. The third-order valence-electron chi connectivity index (χ3n) is 7.12. The van der Waals surface area contributed by atoms with Crippen LogP contribution in [-0.2, 0) is 6.54 Å². The highest BCUT2D eigenvalue weighted by Gasteiger charge is 2.24. The normalized spacial score (nSPS) is 18.1. The summed E-state index contributed by atoms with van der Waals surface area (Å²) in [7, 11) is 0. The zero-order valence-electron chi connectivity index (χ0n) is 22.1. The molecule has 1 aromatic carbocycles. The van der Waals surface area contributed by atoms with E-state index in [0.29, 0.717) is 43.2 Å². The predicted octanol–water partition coefficient (Wildman–Crippen LogP) is 4.42. The number of carbonyl (C=O) groups excluding carboxylic acids is 2. The number of halogens is 1. The zero-order valence-corrected chi connectivity index (χ0v) is 22.1. The van der Waals surface area contributed by atoms with E-state index >= 15 is 0 Å². The molecule has 0 spiro atoms. The molecule has 39 heavy (non-hydrogen) atoms. The number of hydrogen-bond donors (Lipinski definition) is 1. The lowest BCUT2D eigenvalue weighted by atomic mass is 9.99. The molecule has 10 heteroatoms. The van der Waals surface area contributed by atoms with Gasteiger partial charge in [0.1, 0.15) is 11.6 Å². The van der Waals surface area contributed by atoms with Crippen molar-refractivity contribution in [1.82, 2.24) is 19.8 Å². The molecule has 2 saturated heterocycles. The van der Waals surface area contributed by atoms with Crippen molar-refractivity contribution in [3.63, 3.8) is 0 Å². The van der Waals surface area contributed by atoms with Crippen LogP contribution in [0, 0.1) is 11.7 Å². The van der Waals surface area contributed by atoms with Crippen LogP contribution < -0.4 is 15.0 Å². The summed E-state index contributed by atoms with van der Waals surface area (Å²) in [5.41, 5.74) is 2.27. The van der Waals surface area contributed by atoms with Crippen molar-refractivity contribution >= 4 is 23.5 Å². The van der Waals surface area contributed by atoms with E-state index in [2.05, 4.69) is 27.1 Å². The van der Waals surface area contributed by atoms with Crippen LogP contribution in [0.3, 0.4) is 0 Å². The zero-order chi connectivity index (χ0) is 27.2. The number of hydrogen-bond acceptors (Lipinski definition) is 7. The Morgan fingerprint density at radius 1 is 0.974 bits per heavy atom. The first-order valence-corrected chi connectivity index (χ1v) is 13.3. The maximum absolute atomic E-state index is 13.1. The maximum atomic E-state index is 13.1. The minimum absolute atomic E-state index is 0.150. The lowest BCUT2D eigenvalue weighted by Gasteiger charge is -2.34. The van der Waals surface area contributed by atoms with Gasteiger partial charge in [-0.3, -0.25) is 9.69 Å². The highest BCUT2D eigenvalue weighted by molar-refractivity contribution is 6.04. The van der Waals surface area contributed by atoms with Crippen molar-refractivity contribution in [1.29, 1.82) is 0 Å². The molecule has 0 aliphatic carbocycles. The summed E-state index contributed by atoms with van der Waals surface area (Å²) in [6.07, 6.45) is 4.68. The number of nitrogens with one attached hydrogen (secondary N) is 1. The van der Waals surface area contributed by atoms with Crippen LogP contribution in [0.2, 0.25) is 0 Å². The highest BCUT2D eigenvalue weighted by Crippen LogP contribution is 2.19. The van der Waals surface area contributed by atoms with Crippen molar-refractivity contribution in [2.24, 2.45) is 5.92 Å². The molecule has 0 saturated carbocycles. The van der Waals surface area contributed by atoms with Crippen molar-refractivity contribution in [2.45, 2.75) is 26.3 Å². The van der Waals surface area contributed by atoms with Crippen molar-refractivity contribution in [2.75, 3.05) is 49.5 Å². The number of anilines is 2. The summed E-state index contributed by atoms with van der Waals surface area (Å²) < 4.78 is 18.5. The standard InChI is InChI=1S/C29H33FN6O3/c1-21-3-2-12-34(19-21)20-22-4-6-23(7-5-22)28(37)33-25-9-11-27(32-18-25)39-29(38)36-15-13-35(14-16-36)26-10-8-24(30)17-31-26/h4-11,17-18,21H,2-3,12-16,19-20H2,1H3,(H,33,37). The van der Waals surface area contributed by atoms with Crippen LogP contribution in [0.4, 0.5) is 20.7 Å². The van der Waals surface area contributed by atoms with E-state index in [1.807, 2.05) is 29.2 Å². The lowest BCUT2D eigenvalue weighted by molar-refractivity contribution is 0.102. The third-order valence-corrected chi connectivity index (χ3v) is 7.12. The molecule has 2 aromatic heterocycles. The molecule has 0 radical (unpaired) electrons. The van der Waals surface area contributed by atoms with E-state index in [1.54, 1.807) is 23.1 Å². The van der Waals surface area contributed by atoms with E-state index in [1.165, 1.54) is 36.9 Å². The molecule has 204 valence electrons. The summed E-state index contributed by atoms with van der Waals surface area (Å²) in [5, 5.41) is 2.83. The van der Waals surface area contributed by atoms with Crippen LogP contribution in [0.1, 0.15) is 35.7 Å². The second kappa shape index (κ2) is 12.2. The lowest BCUT2D eigenvalue weighted by Crippen LogP contribution is -2.49. The Kier molecular flexibility index (Phi) is 8.31. The van der Waals surface area contributed by atoms with Crippen molar-refractivity contribution in [3.8, 4) is 5.88 Å². The van der Waals surface area contributed by atoms with E-state index in [9.17, 15) is 14.0 Å². The Morgan fingerprint density at radius 2 is 1.77 bits per heavy atom. The second-order valence-corrected chi connectivity index (χ2v) is 10.2. The van der Waals surface area contributed by atoms with Gasteiger partial charge in [0.15, 0.2) is 0 Å². The number of carbonyl (C=O) groups is 2. The minimum Gasteiger partial charge on any atom is -0.391 e. The number of nitrogens with zero attached hydrogens (tertiary/aromatic N) is 5. The summed E-state index contributed by atoms with van der Waals surface area (Å²) >= 11 is 0. The van der Waals surface area contributed by atoms with Gasteiger partial charge < -0.3 is 19.9 Å². The van der Waals surface area contributed by atoms with E-state index in [0.717, 1.165) is 25.6 Å². The molecule has 2 amide bonds. The summed E-state index contributed by atoms with van der Waals surface area (Å²) in [6, 6.07) is 13.9. The largest absolute Gasteiger partial charge is 0.416 e. The number of piperidine rings is 1. The fourth-order valence-corrected chi connectivity index (χ4v) is 5.00. The first kappa shape index (κ1) is 26.6. The summed E-state index contributed by atoms with van der Waals surface area (Å²) in [5.74, 6) is 0.942. The molecule has 0 bridgehead atoms. The van der Waals surface area contributed by atoms with Crippen LogP contribution >= 0.6 is 0 Å². The Bertz CT molecular complexity index is 1260. The van der Waals surface area contributed by atoms with Gasteiger partial charge in [-0.05, 0) is 61.2 Å².